The summed E-state index contributed by atoms with van der Waals surface area (Å²) < 4.78 is 4.69. The van der Waals surface area contributed by atoms with E-state index in [0.29, 0.717) is 5.57 Å². The van der Waals surface area contributed by atoms with Crippen LogP contribution in [0.5, 0.6) is 0 Å². The molecule has 0 saturated heterocycles. The largest absolute Gasteiger partial charge is 0.466 e. The van der Waals surface area contributed by atoms with Gasteiger partial charge in [0, 0.05) is 11.5 Å². The second-order valence-corrected chi connectivity index (χ2v) is 3.93. The van der Waals surface area contributed by atoms with Gasteiger partial charge in [0.2, 0.25) is 0 Å². The van der Waals surface area contributed by atoms with Crippen molar-refractivity contribution in [3.05, 3.63) is 78.9 Å². The van der Waals surface area contributed by atoms with Gasteiger partial charge in [-0.2, -0.15) is 0 Å². The highest BCUT2D eigenvalue weighted by Crippen LogP contribution is 2.16. The van der Waals surface area contributed by atoms with Gasteiger partial charge in [-0.3, -0.25) is 0 Å². The van der Waals surface area contributed by atoms with Crippen LogP contribution < -0.4 is 0 Å². The summed E-state index contributed by atoms with van der Waals surface area (Å²) in [7, 11) is 1.35. The summed E-state index contributed by atoms with van der Waals surface area (Å²) in [6.45, 7) is 7.40. The molecule has 0 radical (unpaired) electrons. The maximum Gasteiger partial charge on any atom is 0.334 e. The van der Waals surface area contributed by atoms with Gasteiger partial charge in [0.1, 0.15) is 0 Å². The van der Waals surface area contributed by atoms with Crippen LogP contribution >= 0.6 is 0 Å². The van der Waals surface area contributed by atoms with E-state index in [9.17, 15) is 4.79 Å². The minimum Gasteiger partial charge on any atom is -0.466 e. The molecule has 0 amide bonds. The fourth-order valence-electron chi connectivity index (χ4n) is 1.54. The van der Waals surface area contributed by atoms with Crippen molar-refractivity contribution in [3.63, 3.8) is 0 Å². The van der Waals surface area contributed by atoms with Crippen molar-refractivity contribution in [1.82, 2.24) is 0 Å². The zero-order chi connectivity index (χ0) is 14.1. The number of carbonyl (C=O) groups is 1. The summed E-state index contributed by atoms with van der Waals surface area (Å²) in [6, 6.07) is 9.87. The summed E-state index contributed by atoms with van der Waals surface area (Å²) in [5.74, 6) is -0.609. The molecule has 2 nitrogen and oxygen atoms in total. The Kier molecular flexibility index (Phi) is 6.10. The lowest BCUT2D eigenvalue weighted by Gasteiger charge is -2.09. The van der Waals surface area contributed by atoms with Gasteiger partial charge in [-0.05, 0) is 5.56 Å². The number of rotatable bonds is 6. The Hall–Kier alpha value is -2.35. The molecule has 2 heteroatoms. The third kappa shape index (κ3) is 4.80. The smallest absolute Gasteiger partial charge is 0.334 e. The molecule has 0 spiro atoms. The Morgan fingerprint density at radius 3 is 2.53 bits per heavy atom. The minimum atomic E-state index is -0.406. The van der Waals surface area contributed by atoms with E-state index in [1.54, 1.807) is 12.2 Å². The van der Waals surface area contributed by atoms with Gasteiger partial charge >= 0.3 is 5.97 Å². The van der Waals surface area contributed by atoms with Gasteiger partial charge in [0.05, 0.1) is 7.11 Å². The molecule has 0 aliphatic heterocycles. The maximum atomic E-state index is 11.5. The van der Waals surface area contributed by atoms with Gasteiger partial charge in [0.25, 0.3) is 0 Å². The molecular weight excluding hydrogens is 236 g/mol. The molecule has 0 N–H and O–H groups in total. The highest BCUT2D eigenvalue weighted by molar-refractivity contribution is 5.89. The van der Waals surface area contributed by atoms with Gasteiger partial charge in [-0.25, -0.2) is 4.79 Å². The van der Waals surface area contributed by atoms with Crippen molar-refractivity contribution in [3.8, 4) is 0 Å². The quantitative estimate of drug-likeness (QED) is 0.438. The molecule has 1 aromatic rings. The van der Waals surface area contributed by atoms with Gasteiger partial charge in [-0.1, -0.05) is 73.9 Å². The van der Waals surface area contributed by atoms with Crippen molar-refractivity contribution in [2.24, 2.45) is 5.92 Å². The fourth-order valence-corrected chi connectivity index (χ4v) is 1.54. The number of esters is 1. The Morgan fingerprint density at radius 1 is 1.26 bits per heavy atom. The predicted molar refractivity (Wildman–Crippen MR) is 79.5 cm³/mol. The number of hydrogen-bond donors (Lipinski definition) is 0. The number of hydrogen-bond acceptors (Lipinski definition) is 2. The molecule has 0 aliphatic carbocycles. The topological polar surface area (TPSA) is 26.3 Å². The number of ether oxygens (including phenoxy) is 1. The van der Waals surface area contributed by atoms with Crippen LogP contribution in [0.2, 0.25) is 0 Å². The maximum absolute atomic E-state index is 11.5. The van der Waals surface area contributed by atoms with Crippen molar-refractivity contribution in [2.45, 2.75) is 0 Å². The van der Waals surface area contributed by atoms with Crippen LogP contribution in [0.4, 0.5) is 0 Å². The van der Waals surface area contributed by atoms with Crippen molar-refractivity contribution in [1.29, 1.82) is 0 Å². The number of benzene rings is 1. The molecule has 0 aliphatic rings. The molecule has 19 heavy (non-hydrogen) atoms. The number of methoxy groups -OCH3 is 1. The van der Waals surface area contributed by atoms with E-state index in [1.807, 2.05) is 48.6 Å². The van der Waals surface area contributed by atoms with Crippen LogP contribution in [-0.4, -0.2) is 13.1 Å². The standard InChI is InChI=1S/C17H18O2/c1-4-5-11-16(14(2)17(18)19-3)13-12-15-9-7-6-8-10-15/h4-13,16H,1-2H2,3H3. The van der Waals surface area contributed by atoms with Gasteiger partial charge < -0.3 is 4.74 Å². The molecule has 1 aromatic carbocycles. The van der Waals surface area contributed by atoms with E-state index in [2.05, 4.69) is 13.2 Å². The molecule has 0 saturated carbocycles. The molecule has 1 atom stereocenters. The molecule has 1 rings (SSSR count). The van der Waals surface area contributed by atoms with Crippen LogP contribution in [0.15, 0.2) is 73.4 Å². The highest BCUT2D eigenvalue weighted by atomic mass is 16.5. The average molecular weight is 254 g/mol. The van der Waals surface area contributed by atoms with E-state index in [0.717, 1.165) is 5.56 Å². The van der Waals surface area contributed by atoms with Crippen LogP contribution in [0.1, 0.15) is 5.56 Å². The molecule has 0 bridgehead atoms. The highest BCUT2D eigenvalue weighted by Gasteiger charge is 2.14. The van der Waals surface area contributed by atoms with Gasteiger partial charge in [-0.15, -0.1) is 0 Å². The van der Waals surface area contributed by atoms with Crippen LogP contribution in [0, 0.1) is 5.92 Å². The van der Waals surface area contributed by atoms with E-state index in [-0.39, 0.29) is 5.92 Å². The lowest BCUT2D eigenvalue weighted by atomic mass is 9.98. The van der Waals surface area contributed by atoms with Gasteiger partial charge in [0.15, 0.2) is 0 Å². The first-order chi connectivity index (χ1) is 9.19. The summed E-state index contributed by atoms with van der Waals surface area (Å²) >= 11 is 0. The first-order valence-electron chi connectivity index (χ1n) is 5.98. The Balaban J connectivity index is 2.89. The molecule has 0 aromatic heterocycles. The lowest BCUT2D eigenvalue weighted by Crippen LogP contribution is -2.10. The first kappa shape index (κ1) is 14.7. The molecular formula is C17H18O2. The summed E-state index contributed by atoms with van der Waals surface area (Å²) in [5, 5.41) is 0. The second kappa shape index (κ2) is 7.88. The minimum absolute atomic E-state index is 0.203. The number of carbonyl (C=O) groups excluding carboxylic acids is 1. The van der Waals surface area contributed by atoms with Crippen LogP contribution in [0.25, 0.3) is 6.08 Å². The fraction of sp³-hybridized carbons (Fsp3) is 0.118. The Bertz CT molecular complexity index is 495. The van der Waals surface area contributed by atoms with E-state index >= 15 is 0 Å². The number of allylic oxidation sites excluding steroid dienone is 4. The Labute approximate surface area is 114 Å². The first-order valence-corrected chi connectivity index (χ1v) is 5.98. The van der Waals surface area contributed by atoms with Crippen molar-refractivity contribution < 1.29 is 9.53 Å². The molecule has 1 unspecified atom stereocenters. The summed E-state index contributed by atoms with van der Waals surface area (Å²) in [6.07, 6.45) is 9.16. The zero-order valence-electron chi connectivity index (χ0n) is 11.1. The average Bonchev–Trinajstić information content (AvgIpc) is 2.47. The zero-order valence-corrected chi connectivity index (χ0v) is 11.1. The van der Waals surface area contributed by atoms with Crippen molar-refractivity contribution in [2.75, 3.05) is 7.11 Å². The third-order valence-corrected chi connectivity index (χ3v) is 2.60. The van der Waals surface area contributed by atoms with E-state index < -0.39 is 5.97 Å². The SMILES string of the molecule is C=CC=CC(C=Cc1ccccc1)C(=C)C(=O)OC. The summed E-state index contributed by atoms with van der Waals surface area (Å²) in [4.78, 5) is 11.5. The van der Waals surface area contributed by atoms with E-state index in [4.69, 9.17) is 4.74 Å². The predicted octanol–water partition coefficient (Wildman–Crippen LogP) is 3.79. The third-order valence-electron chi connectivity index (χ3n) is 2.60. The summed E-state index contributed by atoms with van der Waals surface area (Å²) in [5.41, 5.74) is 1.46. The van der Waals surface area contributed by atoms with Crippen molar-refractivity contribution >= 4 is 12.0 Å². The van der Waals surface area contributed by atoms with Crippen LogP contribution in [0.3, 0.4) is 0 Å². The van der Waals surface area contributed by atoms with E-state index in [1.165, 1.54) is 7.11 Å². The molecule has 98 valence electrons. The lowest BCUT2D eigenvalue weighted by molar-refractivity contribution is -0.136. The molecule has 0 heterocycles. The normalized spacial score (nSPS) is 12.5. The monoisotopic (exact) mass is 254 g/mol. The Morgan fingerprint density at radius 2 is 1.95 bits per heavy atom. The van der Waals surface area contributed by atoms with Crippen LogP contribution in [-0.2, 0) is 9.53 Å². The molecule has 0 fully saturated rings. The second-order valence-electron chi connectivity index (χ2n) is 3.93.